The molecule has 1 aliphatic heterocycles. The largest absolute Gasteiger partial charge is 0.488 e. The number of carbonyl (C=O) groups is 2. The number of fused-ring (bicyclic) bond motifs is 1. The van der Waals surface area contributed by atoms with Crippen LogP contribution in [0.4, 0.5) is 5.69 Å². The quantitative estimate of drug-likeness (QED) is 0.535. The summed E-state index contributed by atoms with van der Waals surface area (Å²) in [6, 6.07) is 15.7. The summed E-state index contributed by atoms with van der Waals surface area (Å²) in [7, 11) is 2.08. The van der Waals surface area contributed by atoms with Crippen LogP contribution in [-0.2, 0) is 22.6 Å². The Bertz CT molecular complexity index is 1070. The smallest absolute Gasteiger partial charge is 0.227 e. The molecule has 1 saturated carbocycles. The van der Waals surface area contributed by atoms with Gasteiger partial charge < -0.3 is 20.1 Å². The van der Waals surface area contributed by atoms with Crippen LogP contribution in [-0.4, -0.2) is 65.6 Å². The number of ether oxygens (including phenoxy) is 1. The van der Waals surface area contributed by atoms with Crippen molar-refractivity contribution in [1.82, 2.24) is 9.80 Å². The van der Waals surface area contributed by atoms with E-state index in [1.165, 1.54) is 12.0 Å². The lowest BCUT2D eigenvalue weighted by Gasteiger charge is -2.34. The van der Waals surface area contributed by atoms with E-state index >= 15 is 0 Å². The minimum absolute atomic E-state index is 0.0442. The van der Waals surface area contributed by atoms with E-state index in [0.717, 1.165) is 37.8 Å². The number of hydrogen-bond acceptors (Lipinski definition) is 5. The van der Waals surface area contributed by atoms with Gasteiger partial charge in [0.25, 0.3) is 0 Å². The molecule has 0 radical (unpaired) electrons. The number of aliphatic hydroxyl groups is 1. The van der Waals surface area contributed by atoms with Crippen LogP contribution in [0.5, 0.6) is 5.75 Å². The highest BCUT2D eigenvalue weighted by Crippen LogP contribution is 2.30. The van der Waals surface area contributed by atoms with Crippen molar-refractivity contribution in [3.05, 3.63) is 59.7 Å². The van der Waals surface area contributed by atoms with E-state index in [0.29, 0.717) is 24.5 Å². The topological polar surface area (TPSA) is 82.1 Å². The van der Waals surface area contributed by atoms with Crippen molar-refractivity contribution >= 4 is 17.5 Å². The summed E-state index contributed by atoms with van der Waals surface area (Å²) < 4.78 is 6.63. The molecule has 3 atom stereocenters. The SMILES string of the molecule is C[C@H](CO)N1C[C@H](C)[C@@H](CN(C)Cc2ccccc2)Oc2ccc(NC(=O)C3CCCCC3)cc2CC1=O. The van der Waals surface area contributed by atoms with E-state index in [-0.39, 0.29) is 48.8 Å². The van der Waals surface area contributed by atoms with Crippen LogP contribution in [0, 0.1) is 11.8 Å². The first-order valence-electron chi connectivity index (χ1n) is 14.1. The molecular weight excluding hydrogens is 478 g/mol. The van der Waals surface area contributed by atoms with Gasteiger partial charge in [-0.25, -0.2) is 0 Å². The first-order valence-corrected chi connectivity index (χ1v) is 14.1. The van der Waals surface area contributed by atoms with Gasteiger partial charge in [-0.2, -0.15) is 0 Å². The van der Waals surface area contributed by atoms with E-state index in [2.05, 4.69) is 36.3 Å². The monoisotopic (exact) mass is 521 g/mol. The Hall–Kier alpha value is -2.90. The molecule has 1 fully saturated rings. The van der Waals surface area contributed by atoms with Crippen LogP contribution in [0.25, 0.3) is 0 Å². The van der Waals surface area contributed by atoms with E-state index in [1.54, 1.807) is 4.90 Å². The van der Waals surface area contributed by atoms with Crippen LogP contribution >= 0.6 is 0 Å². The van der Waals surface area contributed by atoms with Crippen molar-refractivity contribution in [1.29, 1.82) is 0 Å². The lowest BCUT2D eigenvalue weighted by atomic mass is 9.88. The van der Waals surface area contributed by atoms with Gasteiger partial charge in [-0.05, 0) is 50.6 Å². The molecule has 2 aromatic rings. The van der Waals surface area contributed by atoms with Crippen molar-refractivity contribution in [3.8, 4) is 5.75 Å². The molecule has 2 amide bonds. The number of amides is 2. The number of hydrogen-bond donors (Lipinski definition) is 2. The zero-order valence-electron chi connectivity index (χ0n) is 23.1. The maximum Gasteiger partial charge on any atom is 0.227 e. The number of likely N-dealkylation sites (N-methyl/N-ethyl adjacent to an activating group) is 1. The molecule has 0 saturated heterocycles. The second-order valence-electron chi connectivity index (χ2n) is 11.2. The van der Waals surface area contributed by atoms with Gasteiger partial charge in [-0.1, -0.05) is 56.5 Å². The molecule has 2 N–H and O–H groups in total. The number of nitrogens with zero attached hydrogens (tertiary/aromatic N) is 2. The Kier molecular flexibility index (Phi) is 9.80. The Labute approximate surface area is 227 Å². The molecule has 2 aromatic carbocycles. The fourth-order valence-electron chi connectivity index (χ4n) is 5.60. The normalized spacial score (nSPS) is 21.6. The number of rotatable bonds is 8. The molecule has 38 heavy (non-hydrogen) atoms. The van der Waals surface area contributed by atoms with Gasteiger partial charge in [0.15, 0.2) is 0 Å². The fourth-order valence-corrected chi connectivity index (χ4v) is 5.60. The highest BCUT2D eigenvalue weighted by Gasteiger charge is 2.31. The van der Waals surface area contributed by atoms with Crippen molar-refractivity contribution < 1.29 is 19.4 Å². The molecule has 0 spiro atoms. The van der Waals surface area contributed by atoms with Gasteiger partial charge in [-0.3, -0.25) is 14.5 Å². The van der Waals surface area contributed by atoms with Crippen molar-refractivity contribution in [2.75, 3.05) is 32.1 Å². The maximum absolute atomic E-state index is 13.4. The summed E-state index contributed by atoms with van der Waals surface area (Å²) >= 11 is 0. The second-order valence-corrected chi connectivity index (χ2v) is 11.2. The highest BCUT2D eigenvalue weighted by atomic mass is 16.5. The molecule has 1 aliphatic carbocycles. The van der Waals surface area contributed by atoms with Gasteiger partial charge in [0.05, 0.1) is 19.1 Å². The van der Waals surface area contributed by atoms with Crippen LogP contribution in [0.1, 0.15) is 57.1 Å². The first kappa shape index (κ1) is 28.1. The molecule has 0 unspecified atom stereocenters. The molecule has 2 aliphatic rings. The van der Waals surface area contributed by atoms with E-state index in [1.807, 2.05) is 43.3 Å². The third-order valence-electron chi connectivity index (χ3n) is 7.95. The predicted octanol–water partition coefficient (Wildman–Crippen LogP) is 4.49. The van der Waals surface area contributed by atoms with Crippen LogP contribution < -0.4 is 10.1 Å². The summed E-state index contributed by atoms with van der Waals surface area (Å²) in [6.45, 7) is 5.87. The third-order valence-corrected chi connectivity index (χ3v) is 7.95. The number of aliphatic hydroxyl groups excluding tert-OH is 1. The minimum Gasteiger partial charge on any atom is -0.488 e. The molecule has 1 heterocycles. The van der Waals surface area contributed by atoms with Crippen LogP contribution in [0.3, 0.4) is 0 Å². The second kappa shape index (κ2) is 13.3. The summed E-state index contributed by atoms with van der Waals surface area (Å²) in [5.41, 5.74) is 2.69. The molecule has 4 rings (SSSR count). The average molecular weight is 522 g/mol. The Morgan fingerprint density at radius 1 is 1.16 bits per heavy atom. The fraction of sp³-hybridized carbons (Fsp3) is 0.548. The summed E-state index contributed by atoms with van der Waals surface area (Å²) in [5.74, 6) is 0.792. The average Bonchev–Trinajstić information content (AvgIpc) is 2.97. The Morgan fingerprint density at radius 2 is 1.89 bits per heavy atom. The molecule has 0 bridgehead atoms. The Balaban J connectivity index is 1.57. The van der Waals surface area contributed by atoms with Gasteiger partial charge in [0.2, 0.25) is 11.8 Å². The van der Waals surface area contributed by atoms with Gasteiger partial charge in [0, 0.05) is 42.7 Å². The highest BCUT2D eigenvalue weighted by molar-refractivity contribution is 5.93. The van der Waals surface area contributed by atoms with Crippen molar-refractivity contribution in [2.24, 2.45) is 11.8 Å². The molecule has 0 aromatic heterocycles. The van der Waals surface area contributed by atoms with Gasteiger partial charge >= 0.3 is 0 Å². The third kappa shape index (κ3) is 7.35. The molecule has 7 nitrogen and oxygen atoms in total. The summed E-state index contributed by atoms with van der Waals surface area (Å²) in [4.78, 5) is 30.3. The molecule has 206 valence electrons. The van der Waals surface area contributed by atoms with E-state index in [9.17, 15) is 14.7 Å². The molecule has 7 heteroatoms. The van der Waals surface area contributed by atoms with Gasteiger partial charge in [0.1, 0.15) is 11.9 Å². The lowest BCUT2D eigenvalue weighted by Crippen LogP contribution is -2.47. The number of benzene rings is 2. The van der Waals surface area contributed by atoms with Crippen molar-refractivity contribution in [3.63, 3.8) is 0 Å². The van der Waals surface area contributed by atoms with Crippen LogP contribution in [0.2, 0.25) is 0 Å². The number of anilines is 1. The summed E-state index contributed by atoms with van der Waals surface area (Å²) in [5, 5.41) is 13.0. The maximum atomic E-state index is 13.4. The number of carbonyl (C=O) groups excluding carboxylic acids is 2. The van der Waals surface area contributed by atoms with E-state index in [4.69, 9.17) is 4.74 Å². The van der Waals surface area contributed by atoms with E-state index < -0.39 is 0 Å². The summed E-state index contributed by atoms with van der Waals surface area (Å²) in [6.07, 6.45) is 5.26. The first-order chi connectivity index (χ1) is 18.3. The molecular formula is C31H43N3O4. The minimum atomic E-state index is -0.289. The van der Waals surface area contributed by atoms with Crippen molar-refractivity contribution in [2.45, 2.75) is 71.1 Å². The van der Waals surface area contributed by atoms with Gasteiger partial charge in [-0.15, -0.1) is 0 Å². The predicted molar refractivity (Wildman–Crippen MR) is 150 cm³/mol. The zero-order chi connectivity index (χ0) is 27.1. The zero-order valence-corrected chi connectivity index (χ0v) is 23.1. The lowest BCUT2D eigenvalue weighted by molar-refractivity contribution is -0.134. The Morgan fingerprint density at radius 3 is 2.61 bits per heavy atom. The standard InChI is InChI=1S/C31H43N3O4/c1-22-18-34(23(2)21-35)30(36)17-26-16-27(32-31(37)25-12-8-5-9-13-25)14-15-28(26)38-29(22)20-33(3)19-24-10-6-4-7-11-24/h4,6-7,10-11,14-16,22-23,25,29,35H,5,8-9,12-13,17-21H2,1-3H3,(H,32,37)/t22-,23+,29+/m0/s1. The van der Waals surface area contributed by atoms with Crippen LogP contribution in [0.15, 0.2) is 48.5 Å². The number of nitrogens with one attached hydrogen (secondary N) is 1.